The van der Waals surface area contributed by atoms with Crippen LogP contribution in [-0.4, -0.2) is 34.5 Å². The van der Waals surface area contributed by atoms with Crippen LogP contribution in [0.2, 0.25) is 0 Å². The van der Waals surface area contributed by atoms with Crippen molar-refractivity contribution in [3.05, 3.63) is 22.1 Å². The van der Waals surface area contributed by atoms with E-state index in [1.54, 1.807) is 6.20 Å². The maximum Gasteiger partial charge on any atom is 0.255 e. The van der Waals surface area contributed by atoms with Crippen molar-refractivity contribution in [1.82, 2.24) is 14.9 Å². The molecule has 3 N–H and O–H groups in total. The number of likely N-dealkylation sites (tertiary alicyclic amines) is 1. The first-order valence-corrected chi connectivity index (χ1v) is 5.27. The molecule has 0 bridgehead atoms. The largest absolute Gasteiger partial charge is 0.369 e. The number of aromatic nitrogens is 2. The Bertz CT molecular complexity index is 401. The van der Waals surface area contributed by atoms with Gasteiger partial charge in [0.05, 0.1) is 0 Å². The Labute approximate surface area is 88.3 Å². The van der Waals surface area contributed by atoms with Gasteiger partial charge in [-0.2, -0.15) is 0 Å². The van der Waals surface area contributed by atoms with Crippen molar-refractivity contribution in [2.45, 2.75) is 19.3 Å². The molecule has 1 aromatic rings. The van der Waals surface area contributed by atoms with Crippen LogP contribution < -0.4 is 11.3 Å². The molecule has 1 unspecified atom stereocenters. The first-order chi connectivity index (χ1) is 7.20. The third kappa shape index (κ3) is 2.02. The summed E-state index contributed by atoms with van der Waals surface area (Å²) in [6.45, 7) is 5.18. The molecule has 5 heteroatoms. The lowest BCUT2D eigenvalue weighted by atomic mass is 10.0. The minimum Gasteiger partial charge on any atom is -0.369 e. The number of nitrogens with two attached hydrogens (primary N) is 1. The van der Waals surface area contributed by atoms with Gasteiger partial charge < -0.3 is 10.6 Å². The van der Waals surface area contributed by atoms with Gasteiger partial charge in [0, 0.05) is 24.2 Å². The fourth-order valence-corrected chi connectivity index (χ4v) is 2.08. The molecule has 2 heterocycles. The van der Waals surface area contributed by atoms with Gasteiger partial charge in [0.25, 0.3) is 5.56 Å². The van der Waals surface area contributed by atoms with Crippen molar-refractivity contribution in [2.75, 3.05) is 25.4 Å². The number of rotatable bonds is 2. The molecule has 1 atom stereocenters. The van der Waals surface area contributed by atoms with E-state index in [0.717, 1.165) is 31.6 Å². The summed E-state index contributed by atoms with van der Waals surface area (Å²) in [5.41, 5.74) is 6.07. The minimum atomic E-state index is -0.0922. The van der Waals surface area contributed by atoms with Crippen molar-refractivity contribution >= 4 is 5.95 Å². The molecule has 0 radical (unpaired) electrons. The van der Waals surface area contributed by atoms with Crippen LogP contribution in [0, 0.1) is 0 Å². The molecule has 1 aromatic heterocycles. The average molecular weight is 208 g/mol. The fraction of sp³-hybridized carbons (Fsp3) is 0.600. The SMILES string of the molecule is CCN1CCC(c2cnc(N)[nH]c2=O)C1. The quantitative estimate of drug-likeness (QED) is 0.726. The van der Waals surface area contributed by atoms with Crippen LogP contribution in [0.1, 0.15) is 24.8 Å². The van der Waals surface area contributed by atoms with Gasteiger partial charge in [-0.15, -0.1) is 0 Å². The van der Waals surface area contributed by atoms with Crippen LogP contribution in [-0.2, 0) is 0 Å². The molecule has 82 valence electrons. The van der Waals surface area contributed by atoms with Gasteiger partial charge in [-0.3, -0.25) is 9.78 Å². The average Bonchev–Trinajstić information content (AvgIpc) is 2.66. The lowest BCUT2D eigenvalue weighted by molar-refractivity contribution is 0.353. The normalized spacial score (nSPS) is 22.1. The zero-order valence-electron chi connectivity index (χ0n) is 8.86. The first-order valence-electron chi connectivity index (χ1n) is 5.27. The maximum absolute atomic E-state index is 11.6. The molecular formula is C10H16N4O. The van der Waals surface area contributed by atoms with E-state index in [2.05, 4.69) is 21.8 Å². The molecule has 1 aliphatic heterocycles. The predicted octanol–water partition coefficient (Wildman–Crippen LogP) is 0.161. The van der Waals surface area contributed by atoms with E-state index in [1.165, 1.54) is 0 Å². The fourth-order valence-electron chi connectivity index (χ4n) is 2.08. The van der Waals surface area contributed by atoms with Gasteiger partial charge >= 0.3 is 0 Å². The van der Waals surface area contributed by atoms with E-state index in [1.807, 2.05) is 0 Å². The topological polar surface area (TPSA) is 75.0 Å². The second-order valence-electron chi connectivity index (χ2n) is 3.93. The Morgan fingerprint density at radius 2 is 2.53 bits per heavy atom. The third-order valence-electron chi connectivity index (χ3n) is 3.01. The Balaban J connectivity index is 2.20. The second-order valence-corrected chi connectivity index (χ2v) is 3.93. The lowest BCUT2D eigenvalue weighted by Crippen LogP contribution is -2.22. The molecule has 0 aromatic carbocycles. The number of likely N-dealkylation sites (N-methyl/N-ethyl adjacent to an activating group) is 1. The van der Waals surface area contributed by atoms with Gasteiger partial charge in [-0.1, -0.05) is 6.92 Å². The van der Waals surface area contributed by atoms with Gasteiger partial charge in [0.15, 0.2) is 5.95 Å². The van der Waals surface area contributed by atoms with E-state index < -0.39 is 0 Å². The van der Waals surface area contributed by atoms with Crippen molar-refractivity contribution < 1.29 is 0 Å². The number of nitrogens with zero attached hydrogens (tertiary/aromatic N) is 2. The number of hydrogen-bond donors (Lipinski definition) is 2. The Kier molecular flexibility index (Phi) is 2.73. The second kappa shape index (κ2) is 4.02. The summed E-state index contributed by atoms with van der Waals surface area (Å²) in [5, 5.41) is 0. The van der Waals surface area contributed by atoms with E-state index >= 15 is 0 Å². The van der Waals surface area contributed by atoms with Gasteiger partial charge in [-0.25, -0.2) is 4.98 Å². The molecule has 2 rings (SSSR count). The number of nitrogens with one attached hydrogen (secondary N) is 1. The Morgan fingerprint density at radius 3 is 3.13 bits per heavy atom. The van der Waals surface area contributed by atoms with Crippen molar-refractivity contribution in [1.29, 1.82) is 0 Å². The zero-order valence-corrected chi connectivity index (χ0v) is 8.86. The monoisotopic (exact) mass is 208 g/mol. The molecular weight excluding hydrogens is 192 g/mol. The van der Waals surface area contributed by atoms with Crippen LogP contribution in [0.25, 0.3) is 0 Å². The van der Waals surface area contributed by atoms with Crippen LogP contribution in [0.15, 0.2) is 11.0 Å². The van der Waals surface area contributed by atoms with E-state index in [9.17, 15) is 4.79 Å². The standard InChI is InChI=1S/C10H16N4O/c1-2-14-4-3-7(6-14)8-5-12-10(11)13-9(8)15/h5,7H,2-4,6H2,1H3,(H3,11,12,13,15). The van der Waals surface area contributed by atoms with Crippen LogP contribution in [0.5, 0.6) is 0 Å². The Morgan fingerprint density at radius 1 is 1.73 bits per heavy atom. The molecule has 0 saturated carbocycles. The van der Waals surface area contributed by atoms with Crippen molar-refractivity contribution in [3.8, 4) is 0 Å². The third-order valence-corrected chi connectivity index (χ3v) is 3.01. The first kappa shape index (κ1) is 10.2. The highest BCUT2D eigenvalue weighted by Gasteiger charge is 2.24. The van der Waals surface area contributed by atoms with Crippen molar-refractivity contribution in [2.24, 2.45) is 0 Å². The van der Waals surface area contributed by atoms with Gasteiger partial charge in [0.2, 0.25) is 0 Å². The molecule has 5 nitrogen and oxygen atoms in total. The summed E-state index contributed by atoms with van der Waals surface area (Å²) in [6, 6.07) is 0. The lowest BCUT2D eigenvalue weighted by Gasteiger charge is -2.12. The maximum atomic E-state index is 11.6. The highest BCUT2D eigenvalue weighted by atomic mass is 16.1. The van der Waals surface area contributed by atoms with Gasteiger partial charge in [0.1, 0.15) is 0 Å². The van der Waals surface area contributed by atoms with Crippen LogP contribution >= 0.6 is 0 Å². The number of nitrogen functional groups attached to an aromatic ring is 1. The summed E-state index contributed by atoms with van der Waals surface area (Å²) in [5.74, 6) is 0.496. The number of anilines is 1. The van der Waals surface area contributed by atoms with Crippen molar-refractivity contribution in [3.63, 3.8) is 0 Å². The summed E-state index contributed by atoms with van der Waals surface area (Å²) in [4.78, 5) is 20.4. The smallest absolute Gasteiger partial charge is 0.255 e. The summed E-state index contributed by atoms with van der Waals surface area (Å²) >= 11 is 0. The summed E-state index contributed by atoms with van der Waals surface area (Å²) in [7, 11) is 0. The van der Waals surface area contributed by atoms with E-state index in [0.29, 0.717) is 5.92 Å². The highest BCUT2D eigenvalue weighted by molar-refractivity contribution is 5.21. The van der Waals surface area contributed by atoms with E-state index in [-0.39, 0.29) is 11.5 Å². The number of H-pyrrole nitrogens is 1. The van der Waals surface area contributed by atoms with Crippen LogP contribution in [0.3, 0.4) is 0 Å². The Hall–Kier alpha value is -1.36. The summed E-state index contributed by atoms with van der Waals surface area (Å²) in [6.07, 6.45) is 2.64. The number of hydrogen-bond acceptors (Lipinski definition) is 4. The zero-order chi connectivity index (χ0) is 10.8. The van der Waals surface area contributed by atoms with E-state index in [4.69, 9.17) is 5.73 Å². The summed E-state index contributed by atoms with van der Waals surface area (Å²) < 4.78 is 0. The minimum absolute atomic E-state index is 0.0922. The molecule has 1 aliphatic rings. The molecule has 0 aliphatic carbocycles. The van der Waals surface area contributed by atoms with Gasteiger partial charge in [-0.05, 0) is 19.5 Å². The molecule has 1 saturated heterocycles. The number of aromatic amines is 1. The predicted molar refractivity (Wildman–Crippen MR) is 58.7 cm³/mol. The molecule has 15 heavy (non-hydrogen) atoms. The van der Waals surface area contributed by atoms with Crippen LogP contribution in [0.4, 0.5) is 5.95 Å². The molecule has 0 amide bonds. The molecule has 0 spiro atoms. The highest BCUT2D eigenvalue weighted by Crippen LogP contribution is 2.23. The molecule has 1 fully saturated rings.